The summed E-state index contributed by atoms with van der Waals surface area (Å²) in [5.41, 5.74) is 0. The van der Waals surface area contributed by atoms with Crippen LogP contribution in [-0.2, 0) is 55.6 Å². The van der Waals surface area contributed by atoms with E-state index in [-0.39, 0.29) is 55.6 Å². The molecule has 0 radical (unpaired) electrons. The van der Waals surface area contributed by atoms with E-state index in [4.69, 9.17) is 0 Å². The van der Waals surface area contributed by atoms with E-state index in [1.54, 1.807) is 0 Å². The van der Waals surface area contributed by atoms with Gasteiger partial charge in [-0.1, -0.05) is 364 Å². The fourth-order valence-electron chi connectivity index (χ4n) is 8.71. The van der Waals surface area contributed by atoms with E-state index in [9.17, 15) is 0 Å². The van der Waals surface area contributed by atoms with Crippen molar-refractivity contribution in [2.24, 2.45) is 0 Å². The van der Waals surface area contributed by atoms with Crippen LogP contribution < -0.4 is 63.7 Å². The van der Waals surface area contributed by atoms with Gasteiger partial charge < -0.3 is 13.5 Å². The Morgan fingerprint density at radius 3 is 0.241 bits per heavy atom. The van der Waals surface area contributed by atoms with Crippen LogP contribution in [0.25, 0.3) is 0 Å². The largest absolute Gasteiger partial charge is 0.813 e. The molecule has 0 amide bonds. The van der Waals surface area contributed by atoms with Gasteiger partial charge in [-0.15, -0.1) is 0 Å². The molecule has 0 spiro atoms. The van der Waals surface area contributed by atoms with Crippen LogP contribution in [0.1, 0.15) is 0 Å². The molecule has 0 saturated heterocycles. The van der Waals surface area contributed by atoms with Crippen molar-refractivity contribution in [3.05, 3.63) is 364 Å². The number of hydrogen-bond acceptors (Lipinski definition) is 1. The van der Waals surface area contributed by atoms with E-state index in [0.717, 1.165) is 0 Å². The monoisotopic (exact) mass is 1470 g/mol. The number of hydrogen-bond donors (Lipinski definition) is 0. The molecule has 12 aromatic rings. The van der Waals surface area contributed by atoms with Gasteiger partial charge in [0.25, 0.3) is 0 Å². The smallest absolute Gasteiger partial charge is 0 e. The predicted molar refractivity (Wildman–Crippen MR) is 349 cm³/mol. The van der Waals surface area contributed by atoms with Gasteiger partial charge in [-0.05, 0) is 95.3 Å². The summed E-state index contributed by atoms with van der Waals surface area (Å²) >= 11 is 0. The number of benzene rings is 12. The molecular weight excluding hydrogens is 1410 g/mol. The van der Waals surface area contributed by atoms with Crippen LogP contribution >= 0.6 is 31.7 Å². The quantitative estimate of drug-likeness (QED) is 0.0667. The van der Waals surface area contributed by atoms with Gasteiger partial charge in [0, 0.05) is 42.1 Å². The van der Waals surface area contributed by atoms with E-state index < -0.39 is 31.7 Å². The fraction of sp³-hybridized carbons (Fsp3) is 0. The Morgan fingerprint density at radius 2 is 0.177 bits per heavy atom. The van der Waals surface area contributed by atoms with Crippen molar-refractivity contribution in [1.29, 1.82) is 0 Å². The normalized spacial score (nSPS) is 10.2. The predicted octanol–water partition coefficient (Wildman–Crippen LogP) is 13.5. The zero-order valence-electron chi connectivity index (χ0n) is 43.5. The molecule has 12 aromatic carbocycles. The third-order valence-corrected chi connectivity index (χ3v) is 21.9. The van der Waals surface area contributed by atoms with Crippen LogP contribution in [0.15, 0.2) is 364 Å². The van der Waals surface area contributed by atoms with Crippen molar-refractivity contribution in [1.82, 2.24) is 0 Å². The number of thiol groups is 1. The maximum Gasteiger partial charge on any atom is 0 e. The van der Waals surface area contributed by atoms with Gasteiger partial charge in [0.1, 0.15) is 0 Å². The van der Waals surface area contributed by atoms with Crippen LogP contribution in [0.2, 0.25) is 0 Å². The van der Waals surface area contributed by atoms with Crippen molar-refractivity contribution >= 4 is 109 Å². The molecule has 0 aromatic heterocycles. The van der Waals surface area contributed by atoms with Crippen LogP contribution in [0.4, 0.5) is 0 Å². The second kappa shape index (κ2) is 35.0. The molecule has 396 valence electrons. The van der Waals surface area contributed by atoms with Crippen LogP contribution in [0.3, 0.4) is 0 Å². The van der Waals surface area contributed by atoms with Gasteiger partial charge in [-0.3, -0.25) is 0 Å². The summed E-state index contributed by atoms with van der Waals surface area (Å²) in [4.78, 5) is 0. The first-order chi connectivity index (χ1) is 37.8. The molecule has 0 saturated carbocycles. The summed E-state index contributed by atoms with van der Waals surface area (Å²) in [6.07, 6.45) is 0. The third kappa shape index (κ3) is 18.6. The fourth-order valence-corrected chi connectivity index (χ4v) is 17.9. The Balaban J connectivity index is 0.000000168. The average molecular weight is 1470 g/mol. The van der Waals surface area contributed by atoms with Gasteiger partial charge in [-0.2, -0.15) is 0 Å². The minimum absolute atomic E-state index is 0. The Hall–Kier alpha value is -5.91. The maximum atomic E-state index is 2.23. The van der Waals surface area contributed by atoms with Gasteiger partial charge in [0.15, 0.2) is 0 Å². The molecule has 0 bridgehead atoms. The van der Waals surface area contributed by atoms with E-state index in [0.29, 0.717) is 0 Å². The molecule has 79 heavy (non-hydrogen) atoms. The summed E-state index contributed by atoms with van der Waals surface area (Å²) in [6.45, 7) is 0. The first-order valence-corrected chi connectivity index (χ1v) is 31.0. The summed E-state index contributed by atoms with van der Waals surface area (Å²) in [6, 6.07) is 129. The van der Waals surface area contributed by atoms with Crippen molar-refractivity contribution in [3.63, 3.8) is 0 Å². The van der Waals surface area contributed by atoms with Gasteiger partial charge in [-0.25, -0.2) is 0 Å². The van der Waals surface area contributed by atoms with E-state index in [2.05, 4.69) is 364 Å². The minimum Gasteiger partial charge on any atom is -0.813 e. The van der Waals surface area contributed by atoms with Crippen molar-refractivity contribution in [3.8, 4) is 0 Å². The van der Waals surface area contributed by atoms with Crippen LogP contribution in [0, 0.1) is 0 Å². The van der Waals surface area contributed by atoms with Crippen LogP contribution in [0.5, 0.6) is 0 Å². The van der Waals surface area contributed by atoms with Crippen molar-refractivity contribution in [2.45, 2.75) is 0 Å². The summed E-state index contributed by atoms with van der Waals surface area (Å²) in [5, 5.41) is 16.8. The maximum absolute atomic E-state index is 2.23. The molecule has 0 N–H and O–H groups in total. The molecule has 0 fully saturated rings. The van der Waals surface area contributed by atoms with E-state index in [1.807, 2.05) is 0 Å². The Morgan fingerprint density at radius 1 is 0.114 bits per heavy atom. The summed E-state index contributed by atoms with van der Waals surface area (Å²) in [7, 11) is -1.78. The van der Waals surface area contributed by atoms with Crippen molar-refractivity contribution in [2.75, 3.05) is 0 Å². The molecule has 0 nitrogen and oxygen atoms in total. The van der Waals surface area contributed by atoms with Crippen molar-refractivity contribution < 1.29 is 42.1 Å². The SMILES string of the molecule is [Pt].[Pt].[SH-].c1ccc(P(c2ccccc2)c2ccccc2)cc1.c1ccc(P(c2ccccc2)c2ccccc2)cc1.c1ccc(P(c2ccccc2)c2ccccc2)cc1.c1ccc(P(c2ccccc2)c2ccccc2)cc1. The summed E-state index contributed by atoms with van der Waals surface area (Å²) in [5.74, 6) is 0. The Labute approximate surface area is 510 Å². The molecule has 0 atom stereocenters. The molecular formula is C72H61P4Pt2S-. The summed E-state index contributed by atoms with van der Waals surface area (Å²) < 4.78 is 0. The molecule has 0 aliphatic rings. The average Bonchev–Trinajstić information content (AvgIpc) is 3.51. The topological polar surface area (TPSA) is 0 Å². The molecule has 12 rings (SSSR count). The zero-order chi connectivity index (χ0) is 51.7. The second-order valence-corrected chi connectivity index (χ2v) is 26.2. The van der Waals surface area contributed by atoms with Gasteiger partial charge in [0.05, 0.1) is 0 Å². The third-order valence-electron chi connectivity index (χ3n) is 12.2. The Bertz CT molecular complexity index is 2590. The number of rotatable bonds is 12. The minimum atomic E-state index is -0.446. The first-order valence-electron chi connectivity index (χ1n) is 25.6. The van der Waals surface area contributed by atoms with Gasteiger partial charge in [0.2, 0.25) is 0 Å². The molecule has 0 unspecified atom stereocenters. The second-order valence-electron chi connectivity index (χ2n) is 17.4. The first kappa shape index (κ1) is 62.3. The molecule has 0 aliphatic heterocycles. The van der Waals surface area contributed by atoms with Gasteiger partial charge >= 0.3 is 0 Å². The van der Waals surface area contributed by atoms with E-state index >= 15 is 0 Å². The van der Waals surface area contributed by atoms with E-state index in [1.165, 1.54) is 63.7 Å². The van der Waals surface area contributed by atoms with Crippen LogP contribution in [-0.4, -0.2) is 0 Å². The zero-order valence-corrected chi connectivity index (χ0v) is 52.5. The molecule has 0 aliphatic carbocycles. The standard InChI is InChI=1S/4C18H15P.2Pt.H2S/c4*1-4-10-16(11-5-1)19(17-12-6-2-7-13-17)18-14-8-3-9-15-18;;;/h4*1-15H;;;1H2/p-1. The Kier molecular flexibility index (Phi) is 27.6. The molecule has 0 heterocycles. The molecule has 7 heteroatoms.